The molecule has 0 spiro atoms. The topological polar surface area (TPSA) is 59.0 Å². The van der Waals surface area contributed by atoms with Crippen LogP contribution in [0.2, 0.25) is 0 Å². The van der Waals surface area contributed by atoms with Crippen molar-refractivity contribution in [2.24, 2.45) is 0 Å². The SMILES string of the molecule is O=C(NCCc1cnn(-c2ccccc2)c1)NCCc1c(F)cccc1F. The Hall–Kier alpha value is -3.22. The first-order chi connectivity index (χ1) is 13.1. The molecule has 2 amide bonds. The van der Waals surface area contributed by atoms with Gasteiger partial charge in [-0.25, -0.2) is 18.3 Å². The van der Waals surface area contributed by atoms with Crippen LogP contribution in [0.15, 0.2) is 60.9 Å². The lowest BCUT2D eigenvalue weighted by Crippen LogP contribution is -2.37. The summed E-state index contributed by atoms with van der Waals surface area (Å²) in [5.41, 5.74) is 1.94. The molecule has 0 radical (unpaired) electrons. The van der Waals surface area contributed by atoms with Gasteiger partial charge in [-0.15, -0.1) is 0 Å². The molecule has 0 atom stereocenters. The zero-order valence-corrected chi connectivity index (χ0v) is 14.7. The minimum Gasteiger partial charge on any atom is -0.338 e. The fourth-order valence-corrected chi connectivity index (χ4v) is 2.67. The monoisotopic (exact) mass is 370 g/mol. The van der Waals surface area contributed by atoms with Gasteiger partial charge in [-0.2, -0.15) is 5.10 Å². The third kappa shape index (κ3) is 5.13. The molecule has 0 aliphatic rings. The number of para-hydroxylation sites is 1. The van der Waals surface area contributed by atoms with Crippen LogP contribution < -0.4 is 10.6 Å². The quantitative estimate of drug-likeness (QED) is 0.671. The number of rotatable bonds is 7. The van der Waals surface area contributed by atoms with E-state index in [0.29, 0.717) is 13.0 Å². The Kier molecular flexibility index (Phi) is 6.14. The maximum atomic E-state index is 13.5. The van der Waals surface area contributed by atoms with Crippen molar-refractivity contribution in [2.75, 3.05) is 13.1 Å². The molecule has 7 heteroatoms. The number of halogens is 2. The zero-order valence-electron chi connectivity index (χ0n) is 14.7. The van der Waals surface area contributed by atoms with E-state index in [4.69, 9.17) is 0 Å². The summed E-state index contributed by atoms with van der Waals surface area (Å²) in [4.78, 5) is 11.8. The number of nitrogens with zero attached hydrogens (tertiary/aromatic N) is 2. The van der Waals surface area contributed by atoms with Crippen molar-refractivity contribution in [3.63, 3.8) is 0 Å². The minimum atomic E-state index is -0.604. The Morgan fingerprint density at radius 1 is 0.926 bits per heavy atom. The number of amides is 2. The number of hydrogen-bond donors (Lipinski definition) is 2. The summed E-state index contributed by atoms with van der Waals surface area (Å²) >= 11 is 0. The molecule has 1 aromatic heterocycles. The van der Waals surface area contributed by atoms with E-state index >= 15 is 0 Å². The molecule has 1 heterocycles. The summed E-state index contributed by atoms with van der Waals surface area (Å²) in [5, 5.41) is 9.62. The second-order valence-corrected chi connectivity index (χ2v) is 6.01. The molecule has 27 heavy (non-hydrogen) atoms. The lowest BCUT2D eigenvalue weighted by atomic mass is 10.1. The van der Waals surface area contributed by atoms with E-state index < -0.39 is 11.6 Å². The highest BCUT2D eigenvalue weighted by Crippen LogP contribution is 2.12. The Balaban J connectivity index is 1.39. The van der Waals surface area contributed by atoms with Crippen molar-refractivity contribution >= 4 is 6.03 Å². The van der Waals surface area contributed by atoms with Gasteiger partial charge >= 0.3 is 6.03 Å². The number of urea groups is 1. The van der Waals surface area contributed by atoms with Crippen LogP contribution in [0, 0.1) is 11.6 Å². The van der Waals surface area contributed by atoms with E-state index in [1.807, 2.05) is 36.5 Å². The largest absolute Gasteiger partial charge is 0.338 e. The van der Waals surface area contributed by atoms with Gasteiger partial charge in [-0.1, -0.05) is 24.3 Å². The third-order valence-electron chi connectivity index (χ3n) is 4.08. The van der Waals surface area contributed by atoms with E-state index in [-0.39, 0.29) is 24.6 Å². The summed E-state index contributed by atoms with van der Waals surface area (Å²) in [7, 11) is 0. The van der Waals surface area contributed by atoms with Crippen LogP contribution in [0.3, 0.4) is 0 Å². The second kappa shape index (κ2) is 8.93. The van der Waals surface area contributed by atoms with Gasteiger partial charge in [-0.05, 0) is 42.7 Å². The highest BCUT2D eigenvalue weighted by atomic mass is 19.1. The number of hydrogen-bond acceptors (Lipinski definition) is 2. The van der Waals surface area contributed by atoms with E-state index in [9.17, 15) is 13.6 Å². The van der Waals surface area contributed by atoms with Crippen molar-refractivity contribution in [3.8, 4) is 5.69 Å². The first kappa shape index (κ1) is 18.6. The Labute approximate surface area is 156 Å². The third-order valence-corrected chi connectivity index (χ3v) is 4.08. The average Bonchev–Trinajstić information content (AvgIpc) is 3.14. The summed E-state index contributed by atoms with van der Waals surface area (Å²) in [6, 6.07) is 13.1. The van der Waals surface area contributed by atoms with Crippen LogP contribution >= 0.6 is 0 Å². The van der Waals surface area contributed by atoms with E-state index in [1.54, 1.807) is 10.9 Å². The zero-order chi connectivity index (χ0) is 19.1. The average molecular weight is 370 g/mol. The van der Waals surface area contributed by atoms with E-state index in [0.717, 1.165) is 11.3 Å². The second-order valence-electron chi connectivity index (χ2n) is 6.01. The van der Waals surface area contributed by atoms with Crippen LogP contribution in [0.4, 0.5) is 13.6 Å². The van der Waals surface area contributed by atoms with Crippen LogP contribution in [-0.2, 0) is 12.8 Å². The number of carbonyl (C=O) groups excluding carboxylic acids is 1. The molecule has 5 nitrogen and oxygen atoms in total. The van der Waals surface area contributed by atoms with Gasteiger partial charge in [0.05, 0.1) is 11.9 Å². The van der Waals surface area contributed by atoms with Gasteiger partial charge in [0, 0.05) is 24.8 Å². The molecule has 0 saturated heterocycles. The van der Waals surface area contributed by atoms with Crippen LogP contribution in [-0.4, -0.2) is 28.9 Å². The number of nitrogens with one attached hydrogen (secondary N) is 2. The standard InChI is InChI=1S/C20H20F2N4O/c21-18-7-4-8-19(22)17(18)10-12-24-20(27)23-11-9-15-13-25-26(14-15)16-5-2-1-3-6-16/h1-8,13-14H,9-12H2,(H2,23,24,27). The molecule has 0 unspecified atom stereocenters. The van der Waals surface area contributed by atoms with Gasteiger partial charge in [0.15, 0.2) is 0 Å². The normalized spacial score (nSPS) is 10.6. The number of benzene rings is 2. The van der Waals surface area contributed by atoms with Gasteiger partial charge in [0.25, 0.3) is 0 Å². The van der Waals surface area contributed by atoms with Crippen molar-refractivity contribution in [3.05, 3.63) is 83.7 Å². The van der Waals surface area contributed by atoms with Crippen LogP contribution in [0.5, 0.6) is 0 Å². The summed E-state index contributed by atoms with van der Waals surface area (Å²) in [5.74, 6) is -1.21. The summed E-state index contributed by atoms with van der Waals surface area (Å²) in [6.45, 7) is 0.579. The van der Waals surface area contributed by atoms with Crippen molar-refractivity contribution in [1.29, 1.82) is 0 Å². The van der Waals surface area contributed by atoms with Crippen molar-refractivity contribution in [1.82, 2.24) is 20.4 Å². The van der Waals surface area contributed by atoms with Crippen molar-refractivity contribution < 1.29 is 13.6 Å². The molecule has 0 aliphatic heterocycles. The summed E-state index contributed by atoms with van der Waals surface area (Å²) < 4.78 is 28.8. The molecule has 0 bridgehead atoms. The molecule has 2 N–H and O–H groups in total. The first-order valence-electron chi connectivity index (χ1n) is 8.67. The van der Waals surface area contributed by atoms with Gasteiger partial charge in [-0.3, -0.25) is 0 Å². The van der Waals surface area contributed by atoms with E-state index in [2.05, 4.69) is 15.7 Å². The Morgan fingerprint density at radius 3 is 2.30 bits per heavy atom. The fraction of sp³-hybridized carbons (Fsp3) is 0.200. The van der Waals surface area contributed by atoms with Gasteiger partial charge in [0.2, 0.25) is 0 Å². The molecular weight excluding hydrogens is 350 g/mol. The number of carbonyl (C=O) groups is 1. The van der Waals surface area contributed by atoms with Gasteiger partial charge < -0.3 is 10.6 Å². The van der Waals surface area contributed by atoms with Crippen LogP contribution in [0.1, 0.15) is 11.1 Å². The highest BCUT2D eigenvalue weighted by molar-refractivity contribution is 5.73. The molecule has 3 aromatic rings. The predicted molar refractivity (Wildman–Crippen MR) is 98.7 cm³/mol. The van der Waals surface area contributed by atoms with E-state index in [1.165, 1.54) is 18.2 Å². The molecular formula is C20H20F2N4O. The first-order valence-corrected chi connectivity index (χ1v) is 8.67. The fourth-order valence-electron chi connectivity index (χ4n) is 2.67. The van der Waals surface area contributed by atoms with Gasteiger partial charge in [0.1, 0.15) is 11.6 Å². The molecule has 0 fully saturated rings. The minimum absolute atomic E-state index is 0.0221. The lowest BCUT2D eigenvalue weighted by molar-refractivity contribution is 0.241. The molecule has 0 aliphatic carbocycles. The molecule has 0 saturated carbocycles. The molecule has 3 rings (SSSR count). The number of aromatic nitrogens is 2. The summed E-state index contributed by atoms with van der Waals surface area (Å²) in [6.07, 6.45) is 4.39. The van der Waals surface area contributed by atoms with Crippen molar-refractivity contribution in [2.45, 2.75) is 12.8 Å². The molecule has 2 aromatic carbocycles. The molecule has 140 valence electrons. The highest BCUT2D eigenvalue weighted by Gasteiger charge is 2.08. The predicted octanol–water partition coefficient (Wildman–Crippen LogP) is 3.23. The van der Waals surface area contributed by atoms with Crippen LogP contribution in [0.25, 0.3) is 5.69 Å². The Bertz CT molecular complexity index is 876. The maximum Gasteiger partial charge on any atom is 0.314 e. The Morgan fingerprint density at radius 2 is 1.59 bits per heavy atom. The smallest absolute Gasteiger partial charge is 0.314 e. The lowest BCUT2D eigenvalue weighted by Gasteiger charge is -2.08. The maximum absolute atomic E-state index is 13.5.